The summed E-state index contributed by atoms with van der Waals surface area (Å²) in [6.07, 6.45) is 1.84. The molecule has 1 atom stereocenters. The van der Waals surface area contributed by atoms with Gasteiger partial charge in [-0.05, 0) is 24.7 Å². The first-order chi connectivity index (χ1) is 9.33. The first-order valence-corrected chi connectivity index (χ1v) is 6.48. The van der Waals surface area contributed by atoms with Crippen LogP contribution in [0.3, 0.4) is 0 Å². The van der Waals surface area contributed by atoms with Crippen LogP contribution >= 0.6 is 0 Å². The summed E-state index contributed by atoms with van der Waals surface area (Å²) < 4.78 is 5.17. The second kappa shape index (κ2) is 7.02. The molecule has 1 aromatic carbocycles. The fraction of sp³-hybridized carbons (Fsp3) is 0.312. The van der Waals surface area contributed by atoms with Crippen molar-refractivity contribution in [3.63, 3.8) is 0 Å². The SMILES string of the molecule is COCCN(C)[C@@H](c1ccccc1)c1ccccn1. The molecule has 0 spiro atoms. The average Bonchev–Trinajstić information content (AvgIpc) is 2.47. The zero-order valence-electron chi connectivity index (χ0n) is 11.5. The van der Waals surface area contributed by atoms with Gasteiger partial charge in [0.1, 0.15) is 0 Å². The van der Waals surface area contributed by atoms with Gasteiger partial charge in [0.15, 0.2) is 0 Å². The average molecular weight is 256 g/mol. The van der Waals surface area contributed by atoms with Crippen LogP contribution in [0.15, 0.2) is 54.7 Å². The topological polar surface area (TPSA) is 25.4 Å². The summed E-state index contributed by atoms with van der Waals surface area (Å²) in [6.45, 7) is 1.58. The molecular weight excluding hydrogens is 236 g/mol. The lowest BCUT2D eigenvalue weighted by atomic mass is 10.0. The molecule has 1 heterocycles. The van der Waals surface area contributed by atoms with Crippen LogP contribution in [0.4, 0.5) is 0 Å². The van der Waals surface area contributed by atoms with E-state index in [1.54, 1.807) is 7.11 Å². The van der Waals surface area contributed by atoms with Crippen molar-refractivity contribution in [3.05, 3.63) is 66.0 Å². The first kappa shape index (κ1) is 13.7. The van der Waals surface area contributed by atoms with Crippen LogP contribution in [0, 0.1) is 0 Å². The van der Waals surface area contributed by atoms with Crippen LogP contribution in [0.5, 0.6) is 0 Å². The second-order valence-corrected chi connectivity index (χ2v) is 4.54. The van der Waals surface area contributed by atoms with Gasteiger partial charge in [0.05, 0.1) is 18.3 Å². The molecule has 19 heavy (non-hydrogen) atoms. The Balaban J connectivity index is 2.29. The number of ether oxygens (including phenoxy) is 1. The highest BCUT2D eigenvalue weighted by molar-refractivity contribution is 5.27. The summed E-state index contributed by atoms with van der Waals surface area (Å²) in [4.78, 5) is 6.77. The van der Waals surface area contributed by atoms with Gasteiger partial charge in [0, 0.05) is 19.9 Å². The van der Waals surface area contributed by atoms with Crippen molar-refractivity contribution >= 4 is 0 Å². The summed E-state index contributed by atoms with van der Waals surface area (Å²) in [5.41, 5.74) is 2.31. The number of nitrogens with zero attached hydrogens (tertiary/aromatic N) is 2. The number of hydrogen-bond acceptors (Lipinski definition) is 3. The van der Waals surface area contributed by atoms with Crippen molar-refractivity contribution in [2.24, 2.45) is 0 Å². The molecule has 0 aliphatic carbocycles. The van der Waals surface area contributed by atoms with Crippen LogP contribution in [-0.2, 0) is 4.74 Å². The number of methoxy groups -OCH3 is 1. The molecule has 3 heteroatoms. The van der Waals surface area contributed by atoms with Crippen LogP contribution in [-0.4, -0.2) is 37.2 Å². The Labute approximate surface area is 114 Å². The Bertz CT molecular complexity index is 433. The molecule has 0 aliphatic rings. The van der Waals surface area contributed by atoms with Crippen LogP contribution < -0.4 is 0 Å². The first-order valence-electron chi connectivity index (χ1n) is 6.48. The van der Waals surface area contributed by atoms with E-state index >= 15 is 0 Å². The van der Waals surface area contributed by atoms with Crippen LogP contribution in [0.2, 0.25) is 0 Å². The highest BCUT2D eigenvalue weighted by Gasteiger charge is 2.19. The number of hydrogen-bond donors (Lipinski definition) is 0. The molecule has 2 rings (SSSR count). The highest BCUT2D eigenvalue weighted by Crippen LogP contribution is 2.25. The minimum Gasteiger partial charge on any atom is -0.383 e. The maximum atomic E-state index is 5.17. The molecule has 0 bridgehead atoms. The quantitative estimate of drug-likeness (QED) is 0.794. The Morgan fingerprint density at radius 3 is 2.47 bits per heavy atom. The van der Waals surface area contributed by atoms with Gasteiger partial charge in [0.25, 0.3) is 0 Å². The Morgan fingerprint density at radius 2 is 1.84 bits per heavy atom. The number of rotatable bonds is 6. The fourth-order valence-electron chi connectivity index (χ4n) is 2.19. The molecule has 0 fully saturated rings. The minimum atomic E-state index is 0.164. The predicted octanol–water partition coefficient (Wildman–Crippen LogP) is 2.75. The van der Waals surface area contributed by atoms with Gasteiger partial charge >= 0.3 is 0 Å². The van der Waals surface area contributed by atoms with Crippen molar-refractivity contribution in [3.8, 4) is 0 Å². The van der Waals surface area contributed by atoms with Crippen molar-refractivity contribution in [2.75, 3.05) is 27.3 Å². The van der Waals surface area contributed by atoms with Crippen molar-refractivity contribution < 1.29 is 4.74 Å². The molecule has 1 aromatic heterocycles. The maximum absolute atomic E-state index is 5.17. The number of benzene rings is 1. The van der Waals surface area contributed by atoms with E-state index in [2.05, 4.69) is 47.3 Å². The molecule has 0 saturated heterocycles. The van der Waals surface area contributed by atoms with Gasteiger partial charge in [-0.2, -0.15) is 0 Å². The van der Waals surface area contributed by atoms with Crippen molar-refractivity contribution in [2.45, 2.75) is 6.04 Å². The Hall–Kier alpha value is -1.71. The van der Waals surface area contributed by atoms with Gasteiger partial charge < -0.3 is 4.74 Å². The van der Waals surface area contributed by atoms with E-state index in [0.717, 1.165) is 12.2 Å². The fourth-order valence-corrected chi connectivity index (χ4v) is 2.19. The molecule has 0 unspecified atom stereocenters. The minimum absolute atomic E-state index is 0.164. The monoisotopic (exact) mass is 256 g/mol. The molecular formula is C16H20N2O. The van der Waals surface area contributed by atoms with Gasteiger partial charge in [-0.15, -0.1) is 0 Å². The van der Waals surface area contributed by atoms with Crippen molar-refractivity contribution in [1.82, 2.24) is 9.88 Å². The lowest BCUT2D eigenvalue weighted by Crippen LogP contribution is -2.29. The molecule has 0 amide bonds. The van der Waals surface area contributed by atoms with Gasteiger partial charge in [-0.3, -0.25) is 9.88 Å². The molecule has 0 radical (unpaired) electrons. The van der Waals surface area contributed by atoms with Crippen molar-refractivity contribution in [1.29, 1.82) is 0 Å². The third-order valence-corrected chi connectivity index (χ3v) is 3.17. The molecule has 0 saturated carbocycles. The lowest BCUT2D eigenvalue weighted by Gasteiger charge is -2.27. The normalized spacial score (nSPS) is 12.6. The predicted molar refractivity (Wildman–Crippen MR) is 77.0 cm³/mol. The summed E-state index contributed by atoms with van der Waals surface area (Å²) in [6, 6.07) is 16.7. The van der Waals surface area contributed by atoms with E-state index in [1.807, 2.05) is 24.4 Å². The highest BCUT2D eigenvalue weighted by atomic mass is 16.5. The maximum Gasteiger partial charge on any atom is 0.0774 e. The smallest absolute Gasteiger partial charge is 0.0774 e. The number of pyridine rings is 1. The van der Waals surface area contributed by atoms with Gasteiger partial charge in [0.2, 0.25) is 0 Å². The second-order valence-electron chi connectivity index (χ2n) is 4.54. The standard InChI is InChI=1S/C16H20N2O/c1-18(12-13-19-2)16(14-8-4-3-5-9-14)15-10-6-7-11-17-15/h3-11,16H,12-13H2,1-2H3/t16-/m0/s1. The zero-order valence-corrected chi connectivity index (χ0v) is 11.5. The van der Waals surface area contributed by atoms with Gasteiger partial charge in [-0.1, -0.05) is 36.4 Å². The number of likely N-dealkylation sites (N-methyl/N-ethyl adjacent to an activating group) is 1. The third kappa shape index (κ3) is 3.63. The van der Waals surface area contributed by atoms with E-state index in [-0.39, 0.29) is 6.04 Å². The van der Waals surface area contributed by atoms with E-state index in [1.165, 1.54) is 5.56 Å². The van der Waals surface area contributed by atoms with E-state index < -0.39 is 0 Å². The summed E-state index contributed by atoms with van der Waals surface area (Å²) in [5, 5.41) is 0. The summed E-state index contributed by atoms with van der Waals surface area (Å²) in [7, 11) is 3.83. The summed E-state index contributed by atoms with van der Waals surface area (Å²) >= 11 is 0. The molecule has 0 aliphatic heterocycles. The third-order valence-electron chi connectivity index (χ3n) is 3.17. The van der Waals surface area contributed by atoms with E-state index in [0.29, 0.717) is 6.61 Å². The largest absolute Gasteiger partial charge is 0.383 e. The molecule has 3 nitrogen and oxygen atoms in total. The lowest BCUT2D eigenvalue weighted by molar-refractivity contribution is 0.147. The number of aromatic nitrogens is 1. The summed E-state index contributed by atoms with van der Waals surface area (Å²) in [5.74, 6) is 0. The molecule has 2 aromatic rings. The van der Waals surface area contributed by atoms with E-state index in [4.69, 9.17) is 4.74 Å². The zero-order chi connectivity index (χ0) is 13.5. The molecule has 0 N–H and O–H groups in total. The van der Waals surface area contributed by atoms with E-state index in [9.17, 15) is 0 Å². The molecule has 100 valence electrons. The van der Waals surface area contributed by atoms with Crippen LogP contribution in [0.1, 0.15) is 17.3 Å². The Morgan fingerprint density at radius 1 is 1.11 bits per heavy atom. The van der Waals surface area contributed by atoms with Gasteiger partial charge in [-0.25, -0.2) is 0 Å². The van der Waals surface area contributed by atoms with Crippen LogP contribution in [0.25, 0.3) is 0 Å². The Kier molecular flexibility index (Phi) is 5.07.